The maximum atomic E-state index is 12.1. The van der Waals surface area contributed by atoms with Gasteiger partial charge in [-0.25, -0.2) is 9.78 Å². The molecule has 1 atom stereocenters. The van der Waals surface area contributed by atoms with Gasteiger partial charge in [0.15, 0.2) is 0 Å². The van der Waals surface area contributed by atoms with Crippen molar-refractivity contribution in [3.05, 3.63) is 15.6 Å². The van der Waals surface area contributed by atoms with E-state index in [-0.39, 0.29) is 18.2 Å². The Morgan fingerprint density at radius 2 is 2.24 bits per heavy atom. The van der Waals surface area contributed by atoms with Crippen LogP contribution in [0.25, 0.3) is 0 Å². The summed E-state index contributed by atoms with van der Waals surface area (Å²) in [6.45, 7) is 4.33. The molecule has 7 nitrogen and oxygen atoms in total. The Bertz CT molecular complexity index is 570. The molecule has 1 aliphatic rings. The number of carbonyl (C=O) groups is 3. The Hall–Kier alpha value is -1.96. The van der Waals surface area contributed by atoms with Crippen molar-refractivity contribution in [3.8, 4) is 0 Å². The van der Waals surface area contributed by atoms with E-state index in [2.05, 4.69) is 20.9 Å². The molecule has 0 unspecified atom stereocenters. The van der Waals surface area contributed by atoms with E-state index >= 15 is 0 Å². The molecule has 0 saturated carbocycles. The number of rotatable bonds is 4. The number of aromatic nitrogens is 1. The monoisotopic (exact) mass is 310 g/mol. The molecular formula is C13H18N4O3S. The molecule has 114 valence electrons. The topological polar surface area (TPSA) is 100 Å². The van der Waals surface area contributed by atoms with E-state index in [9.17, 15) is 14.4 Å². The minimum absolute atomic E-state index is 0.149. The van der Waals surface area contributed by atoms with Gasteiger partial charge in [0.1, 0.15) is 6.04 Å². The summed E-state index contributed by atoms with van der Waals surface area (Å²) >= 11 is 1.57. The van der Waals surface area contributed by atoms with Crippen LogP contribution in [0.5, 0.6) is 0 Å². The summed E-state index contributed by atoms with van der Waals surface area (Å²) in [6, 6.07) is -1.31. The molecule has 1 saturated heterocycles. The average Bonchev–Trinajstić information content (AvgIpc) is 2.71. The number of carbonyl (C=O) groups excluding carboxylic acids is 3. The van der Waals surface area contributed by atoms with Gasteiger partial charge in [-0.05, 0) is 19.8 Å². The van der Waals surface area contributed by atoms with Gasteiger partial charge in [-0.2, -0.15) is 0 Å². The number of hydrogen-bond donors (Lipinski definition) is 3. The third kappa shape index (κ3) is 4.01. The molecule has 3 N–H and O–H groups in total. The number of nitrogens with zero attached hydrogens (tertiary/aromatic N) is 1. The lowest BCUT2D eigenvalue weighted by Gasteiger charge is -2.14. The van der Waals surface area contributed by atoms with E-state index in [0.717, 1.165) is 22.0 Å². The number of aryl methyl sites for hydroxylation is 2. The molecule has 0 aliphatic carbocycles. The number of nitrogens with one attached hydrogen (secondary N) is 3. The highest BCUT2D eigenvalue weighted by Gasteiger charge is 2.26. The quantitative estimate of drug-likeness (QED) is 0.759. The Balaban J connectivity index is 1.93. The summed E-state index contributed by atoms with van der Waals surface area (Å²) in [4.78, 5) is 40.1. The van der Waals surface area contributed by atoms with Crippen LogP contribution in [0.3, 0.4) is 0 Å². The molecule has 1 aromatic rings. The number of hydrogen-bond acceptors (Lipinski definition) is 5. The van der Waals surface area contributed by atoms with Crippen molar-refractivity contribution >= 4 is 29.2 Å². The largest absolute Gasteiger partial charge is 0.349 e. The van der Waals surface area contributed by atoms with Crippen molar-refractivity contribution in [1.29, 1.82) is 0 Å². The van der Waals surface area contributed by atoms with Crippen LogP contribution in [-0.4, -0.2) is 28.9 Å². The Labute approximate surface area is 126 Å². The summed E-state index contributed by atoms with van der Waals surface area (Å²) in [7, 11) is 0. The fraction of sp³-hybridized carbons (Fsp3) is 0.538. The van der Waals surface area contributed by atoms with E-state index in [1.165, 1.54) is 0 Å². The van der Waals surface area contributed by atoms with Gasteiger partial charge in [-0.15, -0.1) is 11.3 Å². The lowest BCUT2D eigenvalue weighted by molar-refractivity contribution is -0.123. The number of amides is 4. The van der Waals surface area contributed by atoms with Gasteiger partial charge in [0, 0.05) is 11.3 Å². The maximum absolute atomic E-state index is 12.1. The van der Waals surface area contributed by atoms with E-state index in [1.54, 1.807) is 11.3 Å². The van der Waals surface area contributed by atoms with Crippen molar-refractivity contribution in [2.24, 2.45) is 0 Å². The van der Waals surface area contributed by atoms with E-state index < -0.39 is 12.1 Å². The molecule has 0 bridgehead atoms. The van der Waals surface area contributed by atoms with E-state index in [4.69, 9.17) is 0 Å². The second-order valence-electron chi connectivity index (χ2n) is 4.80. The Morgan fingerprint density at radius 3 is 2.90 bits per heavy atom. The van der Waals surface area contributed by atoms with Crippen molar-refractivity contribution in [2.45, 2.75) is 45.7 Å². The lowest BCUT2D eigenvalue weighted by Crippen LogP contribution is -2.48. The minimum Gasteiger partial charge on any atom is -0.349 e. The number of urea groups is 1. The SMILES string of the molecule is CCc1nc(C)c(CNC(=O)[C@@H]2CCC(=O)NC(=O)N2)s1. The van der Waals surface area contributed by atoms with Gasteiger partial charge in [0.05, 0.1) is 17.2 Å². The zero-order chi connectivity index (χ0) is 15.4. The van der Waals surface area contributed by atoms with Gasteiger partial charge in [-0.3, -0.25) is 14.9 Å². The number of thiazole rings is 1. The van der Waals surface area contributed by atoms with Crippen molar-refractivity contribution in [1.82, 2.24) is 20.9 Å². The lowest BCUT2D eigenvalue weighted by atomic mass is 10.1. The van der Waals surface area contributed by atoms with E-state index in [0.29, 0.717) is 13.0 Å². The fourth-order valence-electron chi connectivity index (χ4n) is 2.02. The molecule has 1 fully saturated rings. The molecule has 21 heavy (non-hydrogen) atoms. The normalized spacial score (nSPS) is 18.7. The highest BCUT2D eigenvalue weighted by atomic mass is 32.1. The van der Waals surface area contributed by atoms with Crippen LogP contribution < -0.4 is 16.0 Å². The first-order chi connectivity index (χ1) is 9.99. The molecule has 2 heterocycles. The first kappa shape index (κ1) is 15.4. The predicted octanol–water partition coefficient (Wildman–Crippen LogP) is 0.618. The zero-order valence-corrected chi connectivity index (χ0v) is 12.8. The summed E-state index contributed by atoms with van der Waals surface area (Å²) < 4.78 is 0. The third-order valence-corrected chi connectivity index (χ3v) is 4.50. The van der Waals surface area contributed by atoms with Gasteiger partial charge < -0.3 is 10.6 Å². The van der Waals surface area contributed by atoms with Crippen LogP contribution in [-0.2, 0) is 22.6 Å². The minimum atomic E-state index is -0.685. The van der Waals surface area contributed by atoms with E-state index in [1.807, 2.05) is 13.8 Å². The maximum Gasteiger partial charge on any atom is 0.322 e. The highest BCUT2D eigenvalue weighted by Crippen LogP contribution is 2.18. The molecule has 0 aromatic carbocycles. The molecular weight excluding hydrogens is 292 g/mol. The van der Waals surface area contributed by atoms with Crippen LogP contribution in [0.1, 0.15) is 35.3 Å². The molecule has 1 aliphatic heterocycles. The second kappa shape index (κ2) is 6.66. The molecule has 4 amide bonds. The van der Waals surface area contributed by atoms with Crippen LogP contribution in [0.15, 0.2) is 0 Å². The average molecular weight is 310 g/mol. The first-order valence-corrected chi connectivity index (χ1v) is 7.64. The number of imide groups is 1. The molecule has 2 rings (SSSR count). The Kier molecular flexibility index (Phi) is 4.89. The van der Waals surface area contributed by atoms with Gasteiger partial charge in [-0.1, -0.05) is 6.92 Å². The summed E-state index contributed by atoms with van der Waals surface area (Å²) in [5.74, 6) is -0.653. The highest BCUT2D eigenvalue weighted by molar-refractivity contribution is 7.11. The molecule has 8 heteroatoms. The summed E-state index contributed by atoms with van der Waals surface area (Å²) in [5.41, 5.74) is 0.916. The summed E-state index contributed by atoms with van der Waals surface area (Å²) in [6.07, 6.45) is 1.31. The smallest absolute Gasteiger partial charge is 0.322 e. The van der Waals surface area contributed by atoms with Gasteiger partial charge in [0.25, 0.3) is 0 Å². The van der Waals surface area contributed by atoms with Crippen molar-refractivity contribution < 1.29 is 14.4 Å². The Morgan fingerprint density at radius 1 is 1.48 bits per heavy atom. The van der Waals surface area contributed by atoms with Crippen LogP contribution in [0.2, 0.25) is 0 Å². The standard InChI is InChI=1S/C13H18N4O3S/c1-3-11-15-7(2)9(21-11)6-14-12(19)8-4-5-10(18)17-13(20)16-8/h8H,3-6H2,1-2H3,(H,14,19)(H2,16,17,18,20)/t8-/m0/s1. The first-order valence-electron chi connectivity index (χ1n) is 6.82. The summed E-state index contributed by atoms with van der Waals surface area (Å²) in [5, 5.41) is 8.45. The molecule has 0 radical (unpaired) electrons. The second-order valence-corrected chi connectivity index (χ2v) is 5.97. The van der Waals surface area contributed by atoms with Gasteiger partial charge in [0.2, 0.25) is 11.8 Å². The molecule has 1 aromatic heterocycles. The van der Waals surface area contributed by atoms with Crippen LogP contribution in [0, 0.1) is 6.92 Å². The van der Waals surface area contributed by atoms with Crippen molar-refractivity contribution in [3.63, 3.8) is 0 Å². The molecule has 0 spiro atoms. The van der Waals surface area contributed by atoms with Crippen LogP contribution in [0.4, 0.5) is 4.79 Å². The van der Waals surface area contributed by atoms with Gasteiger partial charge >= 0.3 is 6.03 Å². The fourth-order valence-corrected chi connectivity index (χ4v) is 2.97. The third-order valence-electron chi connectivity index (χ3n) is 3.20. The van der Waals surface area contributed by atoms with Crippen LogP contribution >= 0.6 is 11.3 Å². The zero-order valence-electron chi connectivity index (χ0n) is 12.0. The predicted molar refractivity (Wildman–Crippen MR) is 77.8 cm³/mol. The van der Waals surface area contributed by atoms with Crippen molar-refractivity contribution in [2.75, 3.05) is 0 Å².